The summed E-state index contributed by atoms with van der Waals surface area (Å²) in [4.78, 5) is 30.3. The van der Waals surface area contributed by atoms with Crippen LogP contribution in [0.15, 0.2) is 24.3 Å². The number of aliphatic hydroxyl groups is 1. The van der Waals surface area contributed by atoms with Gasteiger partial charge in [0.1, 0.15) is 0 Å². The van der Waals surface area contributed by atoms with E-state index in [9.17, 15) is 9.59 Å². The van der Waals surface area contributed by atoms with Crippen molar-refractivity contribution in [3.63, 3.8) is 0 Å². The number of amides is 2. The predicted molar refractivity (Wildman–Crippen MR) is 85.7 cm³/mol. The number of β-amino-alcohol motifs (C(OH)–C–C–N with tert-alkyl or cyclic N) is 1. The molecule has 1 saturated heterocycles. The van der Waals surface area contributed by atoms with Crippen molar-refractivity contribution in [2.24, 2.45) is 0 Å². The van der Waals surface area contributed by atoms with E-state index in [0.29, 0.717) is 45.8 Å². The minimum atomic E-state index is -0.395. The van der Waals surface area contributed by atoms with Crippen LogP contribution in [0.1, 0.15) is 11.1 Å². The van der Waals surface area contributed by atoms with Crippen LogP contribution in [0.25, 0.3) is 0 Å². The summed E-state index contributed by atoms with van der Waals surface area (Å²) in [6.07, 6.45) is 0.805. The molecule has 0 aromatic heterocycles. The van der Waals surface area contributed by atoms with Crippen molar-refractivity contribution in [1.82, 2.24) is 14.7 Å². The summed E-state index contributed by atoms with van der Waals surface area (Å²) >= 11 is 0. The van der Waals surface area contributed by atoms with E-state index >= 15 is 0 Å². The third kappa shape index (κ3) is 3.54. The van der Waals surface area contributed by atoms with Gasteiger partial charge in [0.25, 0.3) is 0 Å². The van der Waals surface area contributed by atoms with Crippen molar-refractivity contribution in [1.29, 1.82) is 0 Å². The van der Waals surface area contributed by atoms with Crippen LogP contribution in [0.4, 0.5) is 0 Å². The first-order valence-corrected chi connectivity index (χ1v) is 8.17. The molecule has 0 spiro atoms. The molecule has 3 rings (SSSR count). The highest BCUT2D eigenvalue weighted by molar-refractivity contribution is 6.34. The van der Waals surface area contributed by atoms with E-state index in [-0.39, 0.29) is 6.61 Å². The monoisotopic (exact) mass is 317 g/mol. The molecule has 0 radical (unpaired) electrons. The molecule has 0 atom stereocenters. The predicted octanol–water partition coefficient (Wildman–Crippen LogP) is -0.292. The molecule has 0 bridgehead atoms. The average Bonchev–Trinajstić information content (AvgIpc) is 2.61. The van der Waals surface area contributed by atoms with Gasteiger partial charge in [-0.1, -0.05) is 24.3 Å². The summed E-state index contributed by atoms with van der Waals surface area (Å²) in [6.45, 7) is 4.39. The van der Waals surface area contributed by atoms with E-state index in [0.717, 1.165) is 12.0 Å². The van der Waals surface area contributed by atoms with Crippen LogP contribution in [0.3, 0.4) is 0 Å². The Labute approximate surface area is 136 Å². The number of carbonyl (C=O) groups is 2. The van der Waals surface area contributed by atoms with Gasteiger partial charge in [-0.05, 0) is 17.5 Å². The van der Waals surface area contributed by atoms with Gasteiger partial charge < -0.3 is 14.9 Å². The maximum atomic E-state index is 12.5. The van der Waals surface area contributed by atoms with Gasteiger partial charge in [-0.2, -0.15) is 0 Å². The fraction of sp³-hybridized carbons (Fsp3) is 0.529. The molecule has 2 amide bonds. The molecule has 2 aliphatic rings. The van der Waals surface area contributed by atoms with Crippen LogP contribution in [0, 0.1) is 0 Å². The average molecular weight is 317 g/mol. The topological polar surface area (TPSA) is 64.1 Å². The highest BCUT2D eigenvalue weighted by Crippen LogP contribution is 2.19. The Kier molecular flexibility index (Phi) is 4.93. The van der Waals surface area contributed by atoms with Gasteiger partial charge in [0.15, 0.2) is 0 Å². The number of piperazine rings is 1. The van der Waals surface area contributed by atoms with E-state index in [1.165, 1.54) is 5.56 Å². The first-order valence-electron chi connectivity index (χ1n) is 8.17. The first kappa shape index (κ1) is 16.0. The van der Waals surface area contributed by atoms with Gasteiger partial charge in [-0.15, -0.1) is 0 Å². The number of nitrogens with zero attached hydrogens (tertiary/aromatic N) is 3. The third-order valence-electron chi connectivity index (χ3n) is 4.68. The Morgan fingerprint density at radius 1 is 0.913 bits per heavy atom. The van der Waals surface area contributed by atoms with Crippen molar-refractivity contribution in [2.75, 3.05) is 45.9 Å². The summed E-state index contributed by atoms with van der Waals surface area (Å²) in [5, 5.41) is 8.95. The highest BCUT2D eigenvalue weighted by Gasteiger charge is 2.31. The zero-order valence-electron chi connectivity index (χ0n) is 13.3. The Hall–Kier alpha value is -1.92. The maximum absolute atomic E-state index is 12.5. The number of rotatable bonds is 2. The zero-order valence-corrected chi connectivity index (χ0v) is 13.3. The van der Waals surface area contributed by atoms with Gasteiger partial charge >= 0.3 is 11.8 Å². The van der Waals surface area contributed by atoms with Crippen LogP contribution in [0.5, 0.6) is 0 Å². The SMILES string of the molecule is O=C(C(=O)N1CCc2ccccc2C1)N1CCN(CCO)CC1. The lowest BCUT2D eigenvalue weighted by atomic mass is 10.00. The number of hydrogen-bond acceptors (Lipinski definition) is 4. The fourth-order valence-corrected chi connectivity index (χ4v) is 3.26. The van der Waals surface area contributed by atoms with Crippen LogP contribution in [0.2, 0.25) is 0 Å². The van der Waals surface area contributed by atoms with Crippen molar-refractivity contribution in [3.05, 3.63) is 35.4 Å². The molecular formula is C17H23N3O3. The van der Waals surface area contributed by atoms with Gasteiger partial charge in [0.05, 0.1) is 6.61 Å². The van der Waals surface area contributed by atoms with Crippen LogP contribution < -0.4 is 0 Å². The minimum Gasteiger partial charge on any atom is -0.395 e. The highest BCUT2D eigenvalue weighted by atomic mass is 16.3. The molecule has 1 N–H and O–H groups in total. The van der Waals surface area contributed by atoms with E-state index in [2.05, 4.69) is 11.0 Å². The molecule has 0 unspecified atom stereocenters. The summed E-state index contributed by atoms with van der Waals surface area (Å²) < 4.78 is 0. The molecule has 0 saturated carbocycles. The summed E-state index contributed by atoms with van der Waals surface area (Å²) in [6, 6.07) is 8.08. The van der Waals surface area contributed by atoms with Crippen LogP contribution in [-0.2, 0) is 22.6 Å². The Balaban J connectivity index is 1.58. The molecule has 1 fully saturated rings. The largest absolute Gasteiger partial charge is 0.395 e. The van der Waals surface area contributed by atoms with E-state index in [1.807, 2.05) is 18.2 Å². The Morgan fingerprint density at radius 3 is 2.26 bits per heavy atom. The van der Waals surface area contributed by atoms with E-state index in [1.54, 1.807) is 9.80 Å². The normalized spacial score (nSPS) is 18.7. The number of aliphatic hydroxyl groups excluding tert-OH is 1. The molecule has 124 valence electrons. The number of carbonyl (C=O) groups excluding carboxylic acids is 2. The smallest absolute Gasteiger partial charge is 0.312 e. The van der Waals surface area contributed by atoms with Crippen molar-refractivity contribution >= 4 is 11.8 Å². The molecule has 0 aliphatic carbocycles. The Bertz CT molecular complexity index is 582. The van der Waals surface area contributed by atoms with Crippen LogP contribution >= 0.6 is 0 Å². The summed E-state index contributed by atoms with van der Waals surface area (Å²) in [7, 11) is 0. The number of fused-ring (bicyclic) bond motifs is 1. The standard InChI is InChI=1S/C17H23N3O3/c21-12-11-18-7-9-19(10-8-18)16(22)17(23)20-6-5-14-3-1-2-4-15(14)13-20/h1-4,21H,5-13H2. The van der Waals surface area contributed by atoms with Gasteiger partial charge in [0.2, 0.25) is 0 Å². The number of benzene rings is 1. The Morgan fingerprint density at radius 2 is 1.57 bits per heavy atom. The molecule has 23 heavy (non-hydrogen) atoms. The van der Waals surface area contributed by atoms with Crippen molar-refractivity contribution in [2.45, 2.75) is 13.0 Å². The number of hydrogen-bond donors (Lipinski definition) is 1. The van der Waals surface area contributed by atoms with Crippen LogP contribution in [-0.4, -0.2) is 77.5 Å². The second-order valence-corrected chi connectivity index (χ2v) is 6.10. The lowest BCUT2D eigenvalue weighted by Gasteiger charge is -2.35. The minimum absolute atomic E-state index is 0.125. The molecule has 1 aromatic rings. The van der Waals surface area contributed by atoms with Crippen molar-refractivity contribution < 1.29 is 14.7 Å². The van der Waals surface area contributed by atoms with E-state index < -0.39 is 11.8 Å². The maximum Gasteiger partial charge on any atom is 0.312 e. The fourth-order valence-electron chi connectivity index (χ4n) is 3.26. The molecule has 1 aromatic carbocycles. The molecule has 6 heteroatoms. The second-order valence-electron chi connectivity index (χ2n) is 6.10. The van der Waals surface area contributed by atoms with Crippen molar-refractivity contribution in [3.8, 4) is 0 Å². The third-order valence-corrected chi connectivity index (χ3v) is 4.68. The lowest BCUT2D eigenvalue weighted by molar-refractivity contribution is -0.153. The molecule has 6 nitrogen and oxygen atoms in total. The van der Waals surface area contributed by atoms with Gasteiger partial charge in [0, 0.05) is 45.8 Å². The quantitative estimate of drug-likeness (QED) is 0.761. The summed E-state index contributed by atoms with van der Waals surface area (Å²) in [5.41, 5.74) is 2.40. The lowest BCUT2D eigenvalue weighted by Crippen LogP contribution is -2.54. The molecule has 2 aliphatic heterocycles. The van der Waals surface area contributed by atoms with E-state index in [4.69, 9.17) is 5.11 Å². The van der Waals surface area contributed by atoms with Gasteiger partial charge in [-0.25, -0.2) is 0 Å². The molecule has 2 heterocycles. The van der Waals surface area contributed by atoms with Gasteiger partial charge in [-0.3, -0.25) is 14.5 Å². The zero-order chi connectivity index (χ0) is 16.2. The second kappa shape index (κ2) is 7.10. The molecular weight excluding hydrogens is 294 g/mol. The summed E-state index contributed by atoms with van der Waals surface area (Å²) in [5.74, 6) is -0.789. The first-order chi connectivity index (χ1) is 11.2.